The van der Waals surface area contributed by atoms with Crippen molar-refractivity contribution in [2.45, 2.75) is 6.92 Å². The van der Waals surface area contributed by atoms with Crippen LogP contribution in [0.4, 0.5) is 0 Å². The maximum atomic E-state index is 4.33. The molecule has 1 aromatic rings. The van der Waals surface area contributed by atoms with Crippen LogP contribution in [0.2, 0.25) is 0 Å². The first-order valence-corrected chi connectivity index (χ1v) is 4.88. The van der Waals surface area contributed by atoms with Crippen LogP contribution in [0.1, 0.15) is 12.5 Å². The number of nitrogens with one attached hydrogen (secondary N) is 1. The summed E-state index contributed by atoms with van der Waals surface area (Å²) in [5.41, 5.74) is 2.50. The molecule has 0 bridgehead atoms. The Kier molecular flexibility index (Phi) is 2.63. The molecule has 1 aliphatic rings. The van der Waals surface area contributed by atoms with E-state index in [-0.39, 0.29) is 0 Å². The topological polar surface area (TPSA) is 24.4 Å². The van der Waals surface area contributed by atoms with Gasteiger partial charge in [0, 0.05) is 6.54 Å². The smallest absolute Gasteiger partial charge is 0.121 e. The van der Waals surface area contributed by atoms with Crippen LogP contribution in [0.5, 0.6) is 0 Å². The number of rotatable bonds is 2. The van der Waals surface area contributed by atoms with Gasteiger partial charge in [0.2, 0.25) is 0 Å². The molecule has 72 valence electrons. The zero-order valence-corrected chi connectivity index (χ0v) is 8.33. The summed E-state index contributed by atoms with van der Waals surface area (Å²) in [7, 11) is 0. The predicted molar refractivity (Wildman–Crippen MR) is 60.4 cm³/mol. The molecule has 0 amide bonds. The van der Waals surface area contributed by atoms with Crippen LogP contribution in [0.3, 0.4) is 0 Å². The Labute approximate surface area is 84.4 Å². The molecule has 0 aliphatic carbocycles. The summed E-state index contributed by atoms with van der Waals surface area (Å²) in [5.74, 6) is 1.01. The minimum absolute atomic E-state index is 0.897. The Morgan fingerprint density at radius 1 is 1.36 bits per heavy atom. The summed E-state index contributed by atoms with van der Waals surface area (Å²) in [6.07, 6.45) is 2.10. The number of benzene rings is 1. The van der Waals surface area contributed by atoms with Crippen LogP contribution < -0.4 is 5.32 Å². The molecule has 0 radical (unpaired) electrons. The average molecular weight is 186 g/mol. The molecule has 2 heteroatoms. The van der Waals surface area contributed by atoms with Crippen LogP contribution in [0, 0.1) is 0 Å². The molecule has 1 aliphatic heterocycles. The van der Waals surface area contributed by atoms with Gasteiger partial charge < -0.3 is 5.32 Å². The highest BCUT2D eigenvalue weighted by molar-refractivity contribution is 5.99. The van der Waals surface area contributed by atoms with Crippen molar-refractivity contribution in [3.05, 3.63) is 42.0 Å². The van der Waals surface area contributed by atoms with Crippen molar-refractivity contribution < 1.29 is 0 Å². The van der Waals surface area contributed by atoms with Crippen molar-refractivity contribution in [1.29, 1.82) is 0 Å². The van der Waals surface area contributed by atoms with Gasteiger partial charge in [0.25, 0.3) is 0 Å². The van der Waals surface area contributed by atoms with Crippen molar-refractivity contribution in [3.8, 4) is 0 Å². The molecule has 1 heterocycles. The molecular formula is C12H14N2. The molecule has 0 saturated heterocycles. The van der Waals surface area contributed by atoms with Gasteiger partial charge in [0.15, 0.2) is 0 Å². The summed E-state index contributed by atoms with van der Waals surface area (Å²) < 4.78 is 0. The van der Waals surface area contributed by atoms with E-state index in [2.05, 4.69) is 47.6 Å². The molecule has 1 aromatic carbocycles. The van der Waals surface area contributed by atoms with Crippen molar-refractivity contribution >= 4 is 11.4 Å². The lowest BCUT2D eigenvalue weighted by atomic mass is 10.1. The van der Waals surface area contributed by atoms with Gasteiger partial charge in [-0.15, -0.1) is 0 Å². The van der Waals surface area contributed by atoms with Crippen LogP contribution in [-0.4, -0.2) is 18.9 Å². The summed E-state index contributed by atoms with van der Waals surface area (Å²) in [6.45, 7) is 3.97. The van der Waals surface area contributed by atoms with Gasteiger partial charge in [-0.2, -0.15) is 0 Å². The SMILES string of the molecule is CC(=CC1=NCCN1)c1ccccc1. The number of nitrogens with zero attached hydrogens (tertiary/aromatic N) is 1. The molecule has 0 unspecified atom stereocenters. The second kappa shape index (κ2) is 4.09. The largest absolute Gasteiger partial charge is 0.369 e. The molecule has 0 saturated carbocycles. The van der Waals surface area contributed by atoms with Gasteiger partial charge in [-0.3, -0.25) is 4.99 Å². The van der Waals surface area contributed by atoms with Gasteiger partial charge in [-0.05, 0) is 24.1 Å². The minimum atomic E-state index is 0.897. The molecule has 1 N–H and O–H groups in total. The fraction of sp³-hybridized carbons (Fsp3) is 0.250. The number of allylic oxidation sites excluding steroid dienone is 1. The Morgan fingerprint density at radius 2 is 2.14 bits per heavy atom. The quantitative estimate of drug-likeness (QED) is 0.751. The zero-order chi connectivity index (χ0) is 9.80. The van der Waals surface area contributed by atoms with Crippen LogP contribution in [0.15, 0.2) is 41.4 Å². The molecule has 0 fully saturated rings. The number of hydrogen-bond donors (Lipinski definition) is 1. The monoisotopic (exact) mass is 186 g/mol. The lowest BCUT2D eigenvalue weighted by molar-refractivity contribution is 0.961. The van der Waals surface area contributed by atoms with E-state index in [0.29, 0.717) is 0 Å². The average Bonchev–Trinajstić information content (AvgIpc) is 2.72. The van der Waals surface area contributed by atoms with Crippen LogP contribution in [0.25, 0.3) is 5.57 Å². The van der Waals surface area contributed by atoms with E-state index in [9.17, 15) is 0 Å². The van der Waals surface area contributed by atoms with E-state index in [1.807, 2.05) is 6.07 Å². The molecule has 2 rings (SSSR count). The zero-order valence-electron chi connectivity index (χ0n) is 8.33. The third kappa shape index (κ3) is 2.02. The van der Waals surface area contributed by atoms with E-state index >= 15 is 0 Å². The molecule has 0 aromatic heterocycles. The van der Waals surface area contributed by atoms with E-state index in [1.54, 1.807) is 0 Å². The summed E-state index contributed by atoms with van der Waals surface area (Å²) >= 11 is 0. The van der Waals surface area contributed by atoms with Crippen LogP contribution in [-0.2, 0) is 0 Å². The third-order valence-electron chi connectivity index (χ3n) is 2.28. The van der Waals surface area contributed by atoms with Gasteiger partial charge in [-0.25, -0.2) is 0 Å². The highest BCUT2D eigenvalue weighted by Crippen LogP contribution is 2.12. The standard InChI is InChI=1S/C12H14N2/c1-10(9-12-13-7-8-14-12)11-5-3-2-4-6-11/h2-6,9H,7-8H2,1H3,(H,13,14). The van der Waals surface area contributed by atoms with E-state index in [1.165, 1.54) is 11.1 Å². The lowest BCUT2D eigenvalue weighted by Gasteiger charge is -2.01. The van der Waals surface area contributed by atoms with Gasteiger partial charge >= 0.3 is 0 Å². The number of hydrogen-bond acceptors (Lipinski definition) is 2. The molecule has 2 nitrogen and oxygen atoms in total. The van der Waals surface area contributed by atoms with E-state index in [0.717, 1.165) is 18.9 Å². The normalized spacial score (nSPS) is 16.4. The summed E-state index contributed by atoms with van der Waals surface area (Å²) in [4.78, 5) is 4.33. The second-order valence-electron chi connectivity index (χ2n) is 3.39. The van der Waals surface area contributed by atoms with Crippen molar-refractivity contribution in [2.24, 2.45) is 4.99 Å². The molecular weight excluding hydrogens is 172 g/mol. The van der Waals surface area contributed by atoms with Gasteiger partial charge in [-0.1, -0.05) is 30.3 Å². The van der Waals surface area contributed by atoms with Gasteiger partial charge in [0.05, 0.1) is 6.54 Å². The first-order valence-electron chi connectivity index (χ1n) is 4.88. The number of amidine groups is 1. The highest BCUT2D eigenvalue weighted by atomic mass is 15.1. The van der Waals surface area contributed by atoms with Gasteiger partial charge in [0.1, 0.15) is 5.84 Å². The van der Waals surface area contributed by atoms with E-state index in [4.69, 9.17) is 0 Å². The Balaban J connectivity index is 2.19. The Morgan fingerprint density at radius 3 is 2.79 bits per heavy atom. The first-order chi connectivity index (χ1) is 6.86. The number of aliphatic imine (C=N–C) groups is 1. The third-order valence-corrected chi connectivity index (χ3v) is 2.28. The summed E-state index contributed by atoms with van der Waals surface area (Å²) in [5, 5.41) is 3.23. The van der Waals surface area contributed by atoms with Crippen LogP contribution >= 0.6 is 0 Å². The lowest BCUT2D eigenvalue weighted by Crippen LogP contribution is -2.16. The van der Waals surface area contributed by atoms with Crippen molar-refractivity contribution in [2.75, 3.05) is 13.1 Å². The minimum Gasteiger partial charge on any atom is -0.369 e. The molecule has 0 atom stereocenters. The first kappa shape index (κ1) is 9.00. The fourth-order valence-corrected chi connectivity index (χ4v) is 1.50. The molecule has 0 spiro atoms. The highest BCUT2D eigenvalue weighted by Gasteiger charge is 2.02. The van der Waals surface area contributed by atoms with Crippen molar-refractivity contribution in [1.82, 2.24) is 5.32 Å². The Hall–Kier alpha value is -1.57. The predicted octanol–water partition coefficient (Wildman–Crippen LogP) is 2.09. The second-order valence-corrected chi connectivity index (χ2v) is 3.39. The fourth-order valence-electron chi connectivity index (χ4n) is 1.50. The van der Waals surface area contributed by atoms with Crippen molar-refractivity contribution in [3.63, 3.8) is 0 Å². The maximum absolute atomic E-state index is 4.33. The maximum Gasteiger partial charge on any atom is 0.121 e. The van der Waals surface area contributed by atoms with E-state index < -0.39 is 0 Å². The summed E-state index contributed by atoms with van der Waals surface area (Å²) in [6, 6.07) is 10.4. The Bertz CT molecular complexity index is 363. The molecule has 14 heavy (non-hydrogen) atoms.